The molecule has 0 saturated carbocycles. The van der Waals surface area contributed by atoms with Crippen molar-refractivity contribution >= 4 is 28.7 Å². The summed E-state index contributed by atoms with van der Waals surface area (Å²) in [5.74, 6) is -1.91. The van der Waals surface area contributed by atoms with Crippen molar-refractivity contribution in [2.45, 2.75) is 44.5 Å². The first kappa shape index (κ1) is 21.2. The molecule has 2 aromatic rings. The highest BCUT2D eigenvalue weighted by molar-refractivity contribution is 5.93. The molecule has 2 heterocycles. The van der Waals surface area contributed by atoms with Gasteiger partial charge in [0.15, 0.2) is 0 Å². The van der Waals surface area contributed by atoms with Crippen LogP contribution in [0, 0.1) is 5.92 Å². The molecule has 0 radical (unpaired) electrons. The Hall–Kier alpha value is -3.67. The van der Waals surface area contributed by atoms with E-state index in [1.807, 2.05) is 55.5 Å². The van der Waals surface area contributed by atoms with Gasteiger partial charge in [0, 0.05) is 24.0 Å². The SMILES string of the molecule is C=C1C(=O)OC2CC3=C[C@@H](C/C(C)=C/[C@H](OC(=O)Cc4cccc5ccccc45)[C@H]12)OC3=O. The van der Waals surface area contributed by atoms with Crippen molar-refractivity contribution in [1.29, 1.82) is 0 Å². The van der Waals surface area contributed by atoms with Crippen LogP contribution in [0.5, 0.6) is 0 Å². The minimum atomic E-state index is -0.732. The highest BCUT2D eigenvalue weighted by atomic mass is 16.6. The van der Waals surface area contributed by atoms with Gasteiger partial charge >= 0.3 is 17.9 Å². The van der Waals surface area contributed by atoms with Crippen LogP contribution in [0.3, 0.4) is 0 Å². The van der Waals surface area contributed by atoms with E-state index in [4.69, 9.17) is 14.2 Å². The number of benzene rings is 2. The molecule has 1 unspecified atom stereocenters. The lowest BCUT2D eigenvalue weighted by Crippen LogP contribution is -2.33. The van der Waals surface area contributed by atoms with E-state index in [1.165, 1.54) is 0 Å². The summed E-state index contributed by atoms with van der Waals surface area (Å²) in [6.07, 6.45) is 2.66. The smallest absolute Gasteiger partial charge is 0.334 e. The molecule has 3 aliphatic rings. The Balaban J connectivity index is 1.43. The fourth-order valence-electron chi connectivity index (χ4n) is 4.91. The van der Waals surface area contributed by atoms with Gasteiger partial charge in [-0.25, -0.2) is 9.59 Å². The van der Waals surface area contributed by atoms with E-state index in [0.717, 1.165) is 21.9 Å². The van der Waals surface area contributed by atoms with E-state index in [2.05, 4.69) is 6.58 Å². The number of hydrogen-bond donors (Lipinski definition) is 0. The molecule has 2 aromatic carbocycles. The number of carbonyl (C=O) groups is 3. The van der Waals surface area contributed by atoms with Crippen LogP contribution in [-0.4, -0.2) is 36.2 Å². The normalized spacial score (nSPS) is 28.3. The van der Waals surface area contributed by atoms with Crippen LogP contribution in [0.25, 0.3) is 10.8 Å². The molecule has 2 aliphatic heterocycles. The molecular weight excluding hydrogens is 420 g/mol. The Bertz CT molecular complexity index is 1230. The van der Waals surface area contributed by atoms with Gasteiger partial charge in [0.2, 0.25) is 0 Å². The van der Waals surface area contributed by atoms with E-state index in [-0.39, 0.29) is 24.5 Å². The average molecular weight is 444 g/mol. The van der Waals surface area contributed by atoms with Crippen molar-refractivity contribution in [2.24, 2.45) is 5.92 Å². The number of rotatable bonds is 3. The van der Waals surface area contributed by atoms with Crippen LogP contribution >= 0.6 is 0 Å². The molecule has 2 bridgehead atoms. The lowest BCUT2D eigenvalue weighted by Gasteiger charge is -2.26. The minimum Gasteiger partial charge on any atom is -0.458 e. The highest BCUT2D eigenvalue weighted by Gasteiger charge is 2.46. The monoisotopic (exact) mass is 444 g/mol. The van der Waals surface area contributed by atoms with Gasteiger partial charge in [-0.3, -0.25) is 4.79 Å². The second-order valence-corrected chi connectivity index (χ2v) is 8.82. The summed E-state index contributed by atoms with van der Waals surface area (Å²) >= 11 is 0. The molecule has 1 aliphatic carbocycles. The zero-order valence-electron chi connectivity index (χ0n) is 18.3. The third-order valence-corrected chi connectivity index (χ3v) is 6.46. The molecule has 6 nitrogen and oxygen atoms in total. The van der Waals surface area contributed by atoms with E-state index in [0.29, 0.717) is 12.0 Å². The standard InChI is InChI=1S/C27H24O6/c1-15-10-20-12-19(27(30)31-20)13-23-25(16(2)26(29)33-23)22(11-15)32-24(28)14-18-8-5-7-17-6-3-4-9-21(17)18/h3-9,11-12,20,22-23,25H,2,10,13-14H2,1H3/b15-11+/t20-,22+,23?,25+/m1/s1. The number of esters is 3. The summed E-state index contributed by atoms with van der Waals surface area (Å²) in [4.78, 5) is 37.7. The quantitative estimate of drug-likeness (QED) is 0.308. The van der Waals surface area contributed by atoms with Gasteiger partial charge in [0.05, 0.1) is 12.3 Å². The zero-order chi connectivity index (χ0) is 23.1. The predicted octanol–water partition coefficient (Wildman–Crippen LogP) is 3.98. The maximum absolute atomic E-state index is 13.1. The molecule has 5 rings (SSSR count). The van der Waals surface area contributed by atoms with Crippen molar-refractivity contribution in [1.82, 2.24) is 0 Å². The maximum Gasteiger partial charge on any atom is 0.334 e. The number of carbonyl (C=O) groups excluding carboxylic acids is 3. The van der Waals surface area contributed by atoms with Crippen LogP contribution in [0.2, 0.25) is 0 Å². The van der Waals surface area contributed by atoms with Crippen molar-refractivity contribution in [3.05, 3.63) is 83.5 Å². The molecule has 0 N–H and O–H groups in total. The van der Waals surface area contributed by atoms with E-state index < -0.39 is 36.0 Å². The van der Waals surface area contributed by atoms with Gasteiger partial charge in [-0.2, -0.15) is 0 Å². The van der Waals surface area contributed by atoms with Crippen molar-refractivity contribution < 1.29 is 28.6 Å². The summed E-state index contributed by atoms with van der Waals surface area (Å²) in [6, 6.07) is 13.7. The summed E-state index contributed by atoms with van der Waals surface area (Å²) in [5, 5.41) is 2.05. The highest BCUT2D eigenvalue weighted by Crippen LogP contribution is 2.38. The zero-order valence-corrected chi connectivity index (χ0v) is 18.3. The summed E-state index contributed by atoms with van der Waals surface area (Å²) in [6.45, 7) is 5.79. The Morgan fingerprint density at radius 3 is 2.67 bits per heavy atom. The Kier molecular flexibility index (Phi) is 5.36. The fraction of sp³-hybridized carbons (Fsp3) is 0.296. The topological polar surface area (TPSA) is 78.9 Å². The van der Waals surface area contributed by atoms with E-state index in [9.17, 15) is 14.4 Å². The lowest BCUT2D eigenvalue weighted by molar-refractivity contribution is -0.149. The Morgan fingerprint density at radius 2 is 1.82 bits per heavy atom. The van der Waals surface area contributed by atoms with Crippen LogP contribution in [0.4, 0.5) is 0 Å². The maximum atomic E-state index is 13.1. The van der Waals surface area contributed by atoms with Crippen molar-refractivity contribution in [2.75, 3.05) is 0 Å². The van der Waals surface area contributed by atoms with Crippen molar-refractivity contribution in [3.8, 4) is 0 Å². The van der Waals surface area contributed by atoms with Crippen LogP contribution in [0.1, 0.15) is 25.3 Å². The van der Waals surface area contributed by atoms with Gasteiger partial charge in [-0.1, -0.05) is 54.6 Å². The largest absolute Gasteiger partial charge is 0.458 e. The summed E-state index contributed by atoms with van der Waals surface area (Å²) < 4.78 is 16.9. The molecule has 1 saturated heterocycles. The third-order valence-electron chi connectivity index (χ3n) is 6.46. The first-order chi connectivity index (χ1) is 15.9. The van der Waals surface area contributed by atoms with Gasteiger partial charge in [-0.15, -0.1) is 0 Å². The van der Waals surface area contributed by atoms with Crippen LogP contribution in [0.15, 0.2) is 77.9 Å². The molecule has 33 heavy (non-hydrogen) atoms. The second kappa shape index (κ2) is 8.35. The minimum absolute atomic E-state index is 0.0960. The molecule has 6 heteroatoms. The van der Waals surface area contributed by atoms with Gasteiger partial charge in [0.1, 0.15) is 18.3 Å². The molecule has 168 valence electrons. The summed E-state index contributed by atoms with van der Waals surface area (Å²) in [5.41, 5.74) is 2.49. The van der Waals surface area contributed by atoms with E-state index in [1.54, 1.807) is 6.08 Å². The molecule has 4 atom stereocenters. The van der Waals surface area contributed by atoms with Crippen LogP contribution in [-0.2, 0) is 35.0 Å². The van der Waals surface area contributed by atoms with Gasteiger partial charge < -0.3 is 14.2 Å². The first-order valence-electron chi connectivity index (χ1n) is 11.0. The molecule has 0 amide bonds. The van der Waals surface area contributed by atoms with E-state index >= 15 is 0 Å². The predicted molar refractivity (Wildman–Crippen MR) is 121 cm³/mol. The number of fused-ring (bicyclic) bond motifs is 3. The van der Waals surface area contributed by atoms with Gasteiger partial charge in [-0.05, 0) is 35.4 Å². The number of ether oxygens (including phenoxy) is 3. The number of hydrogen-bond acceptors (Lipinski definition) is 6. The van der Waals surface area contributed by atoms with Crippen LogP contribution < -0.4 is 0 Å². The lowest BCUT2D eigenvalue weighted by atomic mass is 9.85. The summed E-state index contributed by atoms with van der Waals surface area (Å²) in [7, 11) is 0. The van der Waals surface area contributed by atoms with Crippen molar-refractivity contribution in [3.63, 3.8) is 0 Å². The Morgan fingerprint density at radius 1 is 1.03 bits per heavy atom. The molecule has 1 fully saturated rings. The average Bonchev–Trinajstić information content (AvgIpc) is 3.25. The Labute approximate surface area is 191 Å². The molecule has 0 spiro atoms. The van der Waals surface area contributed by atoms with Gasteiger partial charge in [0.25, 0.3) is 0 Å². The second-order valence-electron chi connectivity index (χ2n) is 8.82. The third kappa shape index (κ3) is 4.09. The molecular formula is C27H24O6. The first-order valence-corrected chi connectivity index (χ1v) is 11.0. The molecule has 0 aromatic heterocycles. The fourth-order valence-corrected chi connectivity index (χ4v) is 4.91.